The van der Waals surface area contributed by atoms with Gasteiger partial charge in [-0.05, 0) is 49.2 Å². The topological polar surface area (TPSA) is 46.3 Å². The molecule has 0 aliphatic heterocycles. The molecule has 0 aromatic heterocycles. The lowest BCUT2D eigenvalue weighted by atomic mass is 10.2. The van der Waals surface area contributed by atoms with Crippen LogP contribution >= 0.6 is 11.8 Å². The molecule has 3 nitrogen and oxygen atoms in total. The van der Waals surface area contributed by atoms with Crippen molar-refractivity contribution in [1.29, 1.82) is 0 Å². The first kappa shape index (κ1) is 15.4. The minimum Gasteiger partial charge on any atom is -0.399 e. The molecule has 110 valence electrons. The second-order valence-electron chi connectivity index (χ2n) is 5.33. The number of aryl methyl sites for hydroxylation is 2. The Morgan fingerprint density at radius 3 is 2.43 bits per heavy atom. The van der Waals surface area contributed by atoms with Crippen molar-refractivity contribution in [2.75, 3.05) is 19.8 Å². The molecule has 0 fully saturated rings. The minimum absolute atomic E-state index is 0.0113. The summed E-state index contributed by atoms with van der Waals surface area (Å²) >= 11 is 1.59. The van der Waals surface area contributed by atoms with Crippen LogP contribution in [0, 0.1) is 13.8 Å². The fraction of sp³-hybridized carbons (Fsp3) is 0.235. The largest absolute Gasteiger partial charge is 0.399 e. The average Bonchev–Trinajstić information content (AvgIpc) is 2.42. The van der Waals surface area contributed by atoms with Gasteiger partial charge in [0, 0.05) is 29.6 Å². The number of hydrogen-bond donors (Lipinski definition) is 1. The van der Waals surface area contributed by atoms with Gasteiger partial charge in [0.15, 0.2) is 0 Å². The molecule has 0 unspecified atom stereocenters. The molecular weight excluding hydrogens is 280 g/mol. The van der Waals surface area contributed by atoms with Crippen LogP contribution < -0.4 is 5.73 Å². The first-order chi connectivity index (χ1) is 9.88. The summed E-state index contributed by atoms with van der Waals surface area (Å²) < 4.78 is 0. The number of amides is 1. The Morgan fingerprint density at radius 1 is 1.05 bits per heavy atom. The van der Waals surface area contributed by atoms with E-state index in [0.29, 0.717) is 11.3 Å². The van der Waals surface area contributed by atoms with E-state index >= 15 is 0 Å². The predicted molar refractivity (Wildman–Crippen MR) is 88.9 cm³/mol. The van der Waals surface area contributed by atoms with Gasteiger partial charge in [0.2, 0.25) is 0 Å². The Balaban J connectivity index is 2.45. The van der Waals surface area contributed by atoms with Crippen molar-refractivity contribution < 1.29 is 4.79 Å². The summed E-state index contributed by atoms with van der Waals surface area (Å²) in [7, 11) is 3.51. The van der Waals surface area contributed by atoms with E-state index < -0.39 is 0 Å². The summed E-state index contributed by atoms with van der Waals surface area (Å²) in [6.45, 7) is 4.14. The fourth-order valence-electron chi connectivity index (χ4n) is 1.98. The molecule has 0 aliphatic rings. The second-order valence-corrected chi connectivity index (χ2v) is 6.41. The van der Waals surface area contributed by atoms with E-state index in [-0.39, 0.29) is 5.91 Å². The Morgan fingerprint density at radius 2 is 1.76 bits per heavy atom. The first-order valence-corrected chi connectivity index (χ1v) is 7.56. The number of carbonyl (C=O) groups is 1. The van der Waals surface area contributed by atoms with Crippen molar-refractivity contribution in [3.63, 3.8) is 0 Å². The zero-order valence-corrected chi connectivity index (χ0v) is 13.6. The van der Waals surface area contributed by atoms with Gasteiger partial charge in [0.05, 0.1) is 5.56 Å². The normalized spacial score (nSPS) is 10.5. The SMILES string of the molecule is Cc1ccc(C)c(Sc2cc(N)ccc2C(=O)N(C)C)c1. The summed E-state index contributed by atoms with van der Waals surface area (Å²) in [5, 5.41) is 0. The minimum atomic E-state index is -0.0113. The molecule has 0 radical (unpaired) electrons. The number of nitrogens with two attached hydrogens (primary N) is 1. The quantitative estimate of drug-likeness (QED) is 0.878. The lowest BCUT2D eigenvalue weighted by molar-refractivity contribution is 0.0824. The molecular formula is C17H20N2OS. The first-order valence-electron chi connectivity index (χ1n) is 6.75. The van der Waals surface area contributed by atoms with Gasteiger partial charge >= 0.3 is 0 Å². The van der Waals surface area contributed by atoms with Crippen molar-refractivity contribution in [3.05, 3.63) is 53.1 Å². The van der Waals surface area contributed by atoms with E-state index in [0.717, 1.165) is 9.79 Å². The summed E-state index contributed by atoms with van der Waals surface area (Å²) in [4.78, 5) is 15.9. The molecule has 0 heterocycles. The van der Waals surface area contributed by atoms with E-state index in [1.54, 1.807) is 42.9 Å². The highest BCUT2D eigenvalue weighted by atomic mass is 32.2. The maximum atomic E-state index is 12.3. The van der Waals surface area contributed by atoms with Gasteiger partial charge < -0.3 is 10.6 Å². The second kappa shape index (κ2) is 6.22. The third kappa shape index (κ3) is 3.58. The number of hydrogen-bond acceptors (Lipinski definition) is 3. The lowest BCUT2D eigenvalue weighted by Gasteiger charge is -2.15. The summed E-state index contributed by atoms with van der Waals surface area (Å²) in [6, 6.07) is 11.7. The number of nitrogen functional groups attached to an aromatic ring is 1. The van der Waals surface area contributed by atoms with E-state index in [1.807, 2.05) is 6.07 Å². The molecule has 0 aliphatic carbocycles. The molecule has 0 saturated carbocycles. The van der Waals surface area contributed by atoms with Gasteiger partial charge in [-0.2, -0.15) is 0 Å². The van der Waals surface area contributed by atoms with Crippen molar-refractivity contribution in [2.45, 2.75) is 23.6 Å². The highest BCUT2D eigenvalue weighted by Gasteiger charge is 2.15. The smallest absolute Gasteiger partial charge is 0.254 e. The van der Waals surface area contributed by atoms with Crippen molar-refractivity contribution in [1.82, 2.24) is 4.90 Å². The van der Waals surface area contributed by atoms with Gasteiger partial charge in [-0.1, -0.05) is 23.9 Å². The van der Waals surface area contributed by atoms with Gasteiger partial charge in [-0.25, -0.2) is 0 Å². The van der Waals surface area contributed by atoms with E-state index in [2.05, 4.69) is 32.0 Å². The number of carbonyl (C=O) groups excluding carboxylic acids is 1. The third-order valence-electron chi connectivity index (χ3n) is 3.21. The number of benzene rings is 2. The Hall–Kier alpha value is -1.94. The van der Waals surface area contributed by atoms with Gasteiger partial charge in [-0.15, -0.1) is 0 Å². The lowest BCUT2D eigenvalue weighted by Crippen LogP contribution is -2.22. The van der Waals surface area contributed by atoms with E-state index in [9.17, 15) is 4.79 Å². The highest BCUT2D eigenvalue weighted by molar-refractivity contribution is 7.99. The van der Waals surface area contributed by atoms with Gasteiger partial charge in [0.25, 0.3) is 5.91 Å². The van der Waals surface area contributed by atoms with Crippen LogP contribution in [0.4, 0.5) is 5.69 Å². The Bertz CT molecular complexity index is 680. The molecule has 2 aromatic rings. The fourth-order valence-corrected chi connectivity index (χ4v) is 3.15. The number of rotatable bonds is 3. The molecule has 0 saturated heterocycles. The molecule has 0 spiro atoms. The van der Waals surface area contributed by atoms with Crippen molar-refractivity contribution in [3.8, 4) is 0 Å². The van der Waals surface area contributed by atoms with E-state index in [1.165, 1.54) is 11.1 Å². The van der Waals surface area contributed by atoms with Crippen LogP contribution in [0.1, 0.15) is 21.5 Å². The average molecular weight is 300 g/mol. The predicted octanol–water partition coefficient (Wildman–Crippen LogP) is 3.74. The zero-order chi connectivity index (χ0) is 15.6. The van der Waals surface area contributed by atoms with Crippen LogP contribution in [0.15, 0.2) is 46.2 Å². The van der Waals surface area contributed by atoms with Crippen molar-refractivity contribution in [2.24, 2.45) is 0 Å². The molecule has 2 N–H and O–H groups in total. The van der Waals surface area contributed by atoms with Crippen molar-refractivity contribution >= 4 is 23.4 Å². The maximum Gasteiger partial charge on any atom is 0.254 e. The molecule has 0 atom stereocenters. The van der Waals surface area contributed by atoms with Crippen LogP contribution in [0.5, 0.6) is 0 Å². The van der Waals surface area contributed by atoms with Gasteiger partial charge in [-0.3, -0.25) is 4.79 Å². The highest BCUT2D eigenvalue weighted by Crippen LogP contribution is 2.34. The standard InChI is InChI=1S/C17H20N2OS/c1-11-5-6-12(2)15(9-11)21-16-10-13(18)7-8-14(16)17(20)19(3)4/h5-10H,18H2,1-4H3. The van der Waals surface area contributed by atoms with Crippen LogP contribution in [-0.2, 0) is 0 Å². The Labute approximate surface area is 130 Å². The molecule has 1 amide bonds. The molecule has 0 bridgehead atoms. The van der Waals surface area contributed by atoms with Crippen LogP contribution in [-0.4, -0.2) is 24.9 Å². The Kier molecular flexibility index (Phi) is 4.58. The summed E-state index contributed by atoms with van der Waals surface area (Å²) in [5.41, 5.74) is 9.63. The number of anilines is 1. The maximum absolute atomic E-state index is 12.3. The molecule has 4 heteroatoms. The zero-order valence-electron chi connectivity index (χ0n) is 12.8. The monoisotopic (exact) mass is 300 g/mol. The van der Waals surface area contributed by atoms with Crippen LogP contribution in [0.3, 0.4) is 0 Å². The molecule has 2 aromatic carbocycles. The van der Waals surface area contributed by atoms with Crippen LogP contribution in [0.2, 0.25) is 0 Å². The van der Waals surface area contributed by atoms with E-state index in [4.69, 9.17) is 5.73 Å². The molecule has 21 heavy (non-hydrogen) atoms. The van der Waals surface area contributed by atoms with Gasteiger partial charge in [0.1, 0.15) is 0 Å². The molecule has 2 rings (SSSR count). The van der Waals surface area contributed by atoms with Crippen LogP contribution in [0.25, 0.3) is 0 Å². The summed E-state index contributed by atoms with van der Waals surface area (Å²) in [5.74, 6) is -0.0113. The third-order valence-corrected chi connectivity index (χ3v) is 4.42. The summed E-state index contributed by atoms with van der Waals surface area (Å²) in [6.07, 6.45) is 0. The number of nitrogens with zero attached hydrogens (tertiary/aromatic N) is 1.